The Labute approximate surface area is 116 Å². The van der Waals surface area contributed by atoms with E-state index in [1.54, 1.807) is 14.0 Å². The van der Waals surface area contributed by atoms with Crippen molar-refractivity contribution in [1.29, 1.82) is 0 Å². The van der Waals surface area contributed by atoms with Gasteiger partial charge >= 0.3 is 0 Å². The molecule has 4 nitrogen and oxygen atoms in total. The average Bonchev–Trinajstić information content (AvgIpc) is 2.33. The maximum Gasteiger partial charge on any atom is 0.243 e. The monoisotopic (exact) mass is 284 g/mol. The van der Waals surface area contributed by atoms with Gasteiger partial charge in [0, 0.05) is 18.8 Å². The summed E-state index contributed by atoms with van der Waals surface area (Å²) in [7, 11) is -1.87. The number of nitrogens with zero attached hydrogens (tertiary/aromatic N) is 1. The summed E-state index contributed by atoms with van der Waals surface area (Å²) in [6.07, 6.45) is 0.773. The Balaban J connectivity index is 3.50. The molecule has 0 saturated heterocycles. The van der Waals surface area contributed by atoms with Crippen LogP contribution < -0.4 is 5.73 Å². The minimum atomic E-state index is -3.50. The van der Waals surface area contributed by atoms with Gasteiger partial charge in [-0.1, -0.05) is 13.0 Å². The van der Waals surface area contributed by atoms with E-state index in [1.807, 2.05) is 33.8 Å². The quantitative estimate of drug-likeness (QED) is 0.864. The van der Waals surface area contributed by atoms with Crippen LogP contribution in [0.1, 0.15) is 37.0 Å². The summed E-state index contributed by atoms with van der Waals surface area (Å²) in [5.74, 6) is 0. The van der Waals surface area contributed by atoms with Gasteiger partial charge in [-0.05, 0) is 50.8 Å². The number of rotatable bonds is 4. The normalized spacial score (nSPS) is 13.8. The summed E-state index contributed by atoms with van der Waals surface area (Å²) in [5, 5.41) is 0. The van der Waals surface area contributed by atoms with Crippen LogP contribution in [0.3, 0.4) is 0 Å². The number of hydrogen-bond donors (Lipinski definition) is 1. The molecule has 0 spiro atoms. The van der Waals surface area contributed by atoms with Gasteiger partial charge in [0.1, 0.15) is 0 Å². The summed E-state index contributed by atoms with van der Waals surface area (Å²) in [6, 6.07) is 1.80. The zero-order valence-electron chi connectivity index (χ0n) is 12.6. The minimum Gasteiger partial charge on any atom is -0.398 e. The van der Waals surface area contributed by atoms with Crippen molar-refractivity contribution in [3.63, 3.8) is 0 Å². The molecular weight excluding hydrogens is 260 g/mol. The molecule has 1 unspecified atom stereocenters. The lowest BCUT2D eigenvalue weighted by molar-refractivity contribution is 0.380. The molecule has 0 heterocycles. The Hall–Kier alpha value is -1.07. The third-order valence-electron chi connectivity index (χ3n) is 3.81. The highest BCUT2D eigenvalue weighted by Crippen LogP contribution is 2.30. The molecule has 19 heavy (non-hydrogen) atoms. The van der Waals surface area contributed by atoms with Crippen LogP contribution in [-0.4, -0.2) is 25.8 Å². The molecule has 5 heteroatoms. The van der Waals surface area contributed by atoms with Gasteiger partial charge in [-0.3, -0.25) is 0 Å². The van der Waals surface area contributed by atoms with E-state index in [0.29, 0.717) is 16.1 Å². The predicted molar refractivity (Wildman–Crippen MR) is 79.8 cm³/mol. The molecular formula is C14H24N2O2S. The third-order valence-corrected chi connectivity index (χ3v) is 6.07. The first-order chi connectivity index (χ1) is 8.64. The van der Waals surface area contributed by atoms with Crippen LogP contribution >= 0.6 is 0 Å². The Morgan fingerprint density at radius 1 is 1.26 bits per heavy atom. The van der Waals surface area contributed by atoms with Gasteiger partial charge in [0.25, 0.3) is 0 Å². The fraction of sp³-hybridized carbons (Fsp3) is 0.571. The predicted octanol–water partition coefficient (Wildman–Crippen LogP) is 2.61. The first-order valence-corrected chi connectivity index (χ1v) is 7.92. The largest absolute Gasteiger partial charge is 0.398 e. The topological polar surface area (TPSA) is 63.4 Å². The van der Waals surface area contributed by atoms with Gasteiger partial charge in [-0.2, -0.15) is 4.31 Å². The second kappa shape index (κ2) is 5.51. The van der Waals surface area contributed by atoms with E-state index in [2.05, 4.69) is 0 Å². The van der Waals surface area contributed by atoms with E-state index in [1.165, 1.54) is 4.31 Å². The minimum absolute atomic E-state index is 0.0358. The maximum atomic E-state index is 12.7. The molecule has 1 atom stereocenters. The zero-order valence-corrected chi connectivity index (χ0v) is 13.4. The van der Waals surface area contributed by atoms with Gasteiger partial charge in [0.2, 0.25) is 10.0 Å². The van der Waals surface area contributed by atoms with Gasteiger partial charge in [0.15, 0.2) is 0 Å². The molecule has 1 aromatic carbocycles. The van der Waals surface area contributed by atoms with E-state index in [9.17, 15) is 8.42 Å². The van der Waals surface area contributed by atoms with Crippen molar-refractivity contribution < 1.29 is 8.42 Å². The fourth-order valence-electron chi connectivity index (χ4n) is 2.22. The maximum absolute atomic E-state index is 12.7. The van der Waals surface area contributed by atoms with Crippen LogP contribution in [0.25, 0.3) is 0 Å². The van der Waals surface area contributed by atoms with Crippen LogP contribution in [0.5, 0.6) is 0 Å². The Kier molecular flexibility index (Phi) is 4.63. The highest BCUT2D eigenvalue weighted by atomic mass is 32.2. The van der Waals surface area contributed by atoms with Crippen LogP contribution in [0.15, 0.2) is 11.0 Å². The Morgan fingerprint density at radius 3 is 2.26 bits per heavy atom. The second-order valence-corrected chi connectivity index (χ2v) is 7.09. The van der Waals surface area contributed by atoms with Crippen molar-refractivity contribution in [1.82, 2.24) is 4.31 Å². The molecule has 0 amide bonds. The molecule has 0 aliphatic rings. The number of hydrogen-bond acceptors (Lipinski definition) is 3. The standard InChI is InChI=1S/C14H24N2O2S/c1-7-11(4)16(6)19(17,18)14-10(3)8-9(2)13(15)12(14)5/h8,11H,7,15H2,1-6H3. The smallest absolute Gasteiger partial charge is 0.243 e. The number of nitrogens with two attached hydrogens (primary N) is 1. The molecule has 2 N–H and O–H groups in total. The van der Waals surface area contributed by atoms with Crippen molar-refractivity contribution in [3.8, 4) is 0 Å². The van der Waals surface area contributed by atoms with Crippen molar-refractivity contribution >= 4 is 15.7 Å². The van der Waals surface area contributed by atoms with Crippen molar-refractivity contribution in [2.75, 3.05) is 12.8 Å². The first kappa shape index (κ1) is 16.0. The molecule has 0 aromatic heterocycles. The van der Waals surface area contributed by atoms with E-state index < -0.39 is 10.0 Å². The molecule has 0 aliphatic heterocycles. The summed E-state index contributed by atoms with van der Waals surface area (Å²) in [5.41, 5.74) is 8.84. The lowest BCUT2D eigenvalue weighted by Gasteiger charge is -2.25. The van der Waals surface area contributed by atoms with E-state index in [4.69, 9.17) is 5.73 Å². The molecule has 1 aromatic rings. The fourth-order valence-corrected chi connectivity index (χ4v) is 4.09. The summed E-state index contributed by atoms with van der Waals surface area (Å²) < 4.78 is 26.8. The lowest BCUT2D eigenvalue weighted by Crippen LogP contribution is -2.35. The van der Waals surface area contributed by atoms with Crippen LogP contribution in [0, 0.1) is 20.8 Å². The molecule has 0 radical (unpaired) electrons. The Morgan fingerprint density at radius 2 is 1.79 bits per heavy atom. The van der Waals surface area contributed by atoms with Gasteiger partial charge in [-0.15, -0.1) is 0 Å². The van der Waals surface area contributed by atoms with Gasteiger partial charge in [-0.25, -0.2) is 8.42 Å². The average molecular weight is 284 g/mol. The van der Waals surface area contributed by atoms with Crippen LogP contribution in [-0.2, 0) is 10.0 Å². The summed E-state index contributed by atoms with van der Waals surface area (Å²) in [4.78, 5) is 0.346. The van der Waals surface area contributed by atoms with E-state index >= 15 is 0 Å². The molecule has 108 valence electrons. The molecule has 1 rings (SSSR count). The molecule has 0 aliphatic carbocycles. The van der Waals surface area contributed by atoms with Crippen LogP contribution in [0.2, 0.25) is 0 Å². The third kappa shape index (κ3) is 2.77. The molecule has 0 fully saturated rings. The SMILES string of the molecule is CCC(C)N(C)S(=O)(=O)c1c(C)cc(C)c(N)c1C. The lowest BCUT2D eigenvalue weighted by atomic mass is 10.1. The number of benzene rings is 1. The van der Waals surface area contributed by atoms with Crippen molar-refractivity contribution in [3.05, 3.63) is 22.8 Å². The van der Waals surface area contributed by atoms with Gasteiger partial charge < -0.3 is 5.73 Å². The van der Waals surface area contributed by atoms with E-state index in [0.717, 1.165) is 17.5 Å². The van der Waals surface area contributed by atoms with Crippen molar-refractivity contribution in [2.24, 2.45) is 0 Å². The van der Waals surface area contributed by atoms with E-state index in [-0.39, 0.29) is 6.04 Å². The Bertz CT molecular complexity index is 580. The zero-order chi connectivity index (χ0) is 15.0. The molecule has 0 bridgehead atoms. The number of nitrogen functional groups attached to an aromatic ring is 1. The summed E-state index contributed by atoms with van der Waals surface area (Å²) >= 11 is 0. The second-order valence-electron chi connectivity index (χ2n) is 5.16. The molecule has 0 saturated carbocycles. The summed E-state index contributed by atoms with van der Waals surface area (Å²) in [6.45, 7) is 9.35. The highest BCUT2D eigenvalue weighted by Gasteiger charge is 2.28. The number of anilines is 1. The van der Waals surface area contributed by atoms with Crippen LogP contribution in [0.4, 0.5) is 5.69 Å². The number of sulfonamides is 1. The first-order valence-electron chi connectivity index (χ1n) is 6.48. The van der Waals surface area contributed by atoms with Crippen molar-refractivity contribution in [2.45, 2.75) is 52.0 Å². The number of aryl methyl sites for hydroxylation is 2. The highest BCUT2D eigenvalue weighted by molar-refractivity contribution is 7.89. The van der Waals surface area contributed by atoms with Gasteiger partial charge in [0.05, 0.1) is 4.90 Å².